The number of aromatic nitrogens is 2. The van der Waals surface area contributed by atoms with Crippen LogP contribution in [0.3, 0.4) is 0 Å². The van der Waals surface area contributed by atoms with Gasteiger partial charge >= 0.3 is 5.97 Å². The van der Waals surface area contributed by atoms with Gasteiger partial charge in [0.05, 0.1) is 5.01 Å². The number of carboxylic acid groups (broad SMARTS) is 1. The molecule has 0 spiro atoms. The van der Waals surface area contributed by atoms with Crippen molar-refractivity contribution < 1.29 is 19.8 Å². The van der Waals surface area contributed by atoms with Crippen molar-refractivity contribution in [1.82, 2.24) is 9.97 Å². The summed E-state index contributed by atoms with van der Waals surface area (Å²) in [5.41, 5.74) is 1.01. The van der Waals surface area contributed by atoms with Crippen molar-refractivity contribution in [2.75, 3.05) is 0 Å². The summed E-state index contributed by atoms with van der Waals surface area (Å²) < 4.78 is 0. The number of ketones is 1. The summed E-state index contributed by atoms with van der Waals surface area (Å²) in [5, 5.41) is 20.3. The number of nitrogens with zero attached hydrogens (tertiary/aromatic N) is 2. The predicted octanol–water partition coefficient (Wildman–Crippen LogP) is 1.68. The summed E-state index contributed by atoms with van der Waals surface area (Å²) in [6, 6.07) is 5.52. The van der Waals surface area contributed by atoms with E-state index in [1.54, 1.807) is 11.6 Å². The molecule has 0 aliphatic heterocycles. The van der Waals surface area contributed by atoms with E-state index in [-0.39, 0.29) is 5.69 Å². The molecule has 0 unspecified atom stereocenters. The minimum Gasteiger partial charge on any atom is -0.506 e. The monoisotopic (exact) mass is 290 g/mol. The lowest BCUT2D eigenvalue weighted by Gasteiger charge is -1.96. The van der Waals surface area contributed by atoms with Crippen LogP contribution in [0.4, 0.5) is 0 Å². The van der Waals surface area contributed by atoms with Crippen LogP contribution in [-0.4, -0.2) is 31.9 Å². The SMILES string of the molecule is O=C(O)C(=O)C=C(O)c1csc(Cc2ccccn2)n1. The smallest absolute Gasteiger partial charge is 0.376 e. The highest BCUT2D eigenvalue weighted by molar-refractivity contribution is 7.09. The highest BCUT2D eigenvalue weighted by Crippen LogP contribution is 2.18. The molecule has 0 radical (unpaired) electrons. The number of hydrogen-bond donors (Lipinski definition) is 2. The number of hydrogen-bond acceptors (Lipinski definition) is 6. The van der Waals surface area contributed by atoms with E-state index in [2.05, 4.69) is 9.97 Å². The van der Waals surface area contributed by atoms with Gasteiger partial charge in [-0.3, -0.25) is 9.78 Å². The minimum absolute atomic E-state index is 0.176. The normalized spacial score (nSPS) is 11.3. The van der Waals surface area contributed by atoms with Crippen LogP contribution in [0, 0.1) is 0 Å². The van der Waals surface area contributed by atoms with E-state index in [0.29, 0.717) is 17.5 Å². The van der Waals surface area contributed by atoms with Gasteiger partial charge in [-0.1, -0.05) is 6.07 Å². The minimum atomic E-state index is -1.62. The highest BCUT2D eigenvalue weighted by Gasteiger charge is 2.13. The zero-order valence-electron chi connectivity index (χ0n) is 10.2. The third kappa shape index (κ3) is 3.48. The van der Waals surface area contributed by atoms with Gasteiger partial charge in [-0.15, -0.1) is 11.3 Å². The first kappa shape index (κ1) is 13.9. The molecule has 0 aromatic carbocycles. The number of aliphatic hydroxyl groups excluding tert-OH is 1. The number of aliphatic hydroxyl groups is 1. The van der Waals surface area contributed by atoms with Crippen molar-refractivity contribution in [2.24, 2.45) is 0 Å². The largest absolute Gasteiger partial charge is 0.506 e. The molecular weight excluding hydrogens is 280 g/mol. The van der Waals surface area contributed by atoms with Crippen molar-refractivity contribution in [1.29, 1.82) is 0 Å². The molecule has 2 aromatic heterocycles. The van der Waals surface area contributed by atoms with Crippen LogP contribution in [0.1, 0.15) is 16.4 Å². The molecule has 0 atom stereocenters. The van der Waals surface area contributed by atoms with Crippen molar-refractivity contribution in [3.05, 3.63) is 52.2 Å². The Morgan fingerprint density at radius 1 is 1.30 bits per heavy atom. The molecule has 0 aliphatic rings. The Labute approximate surface area is 118 Å². The van der Waals surface area contributed by atoms with Gasteiger partial charge in [0.15, 0.2) is 0 Å². The molecule has 102 valence electrons. The summed E-state index contributed by atoms with van der Waals surface area (Å²) in [4.78, 5) is 29.6. The summed E-state index contributed by atoms with van der Waals surface area (Å²) >= 11 is 1.30. The molecule has 2 N–H and O–H groups in total. The molecule has 20 heavy (non-hydrogen) atoms. The van der Waals surface area contributed by atoms with E-state index in [9.17, 15) is 14.7 Å². The zero-order chi connectivity index (χ0) is 14.5. The number of rotatable bonds is 5. The van der Waals surface area contributed by atoms with Gasteiger partial charge in [-0.25, -0.2) is 9.78 Å². The van der Waals surface area contributed by atoms with Gasteiger partial charge in [0.2, 0.25) is 0 Å². The molecule has 2 aromatic rings. The highest BCUT2D eigenvalue weighted by atomic mass is 32.1. The first-order valence-corrected chi connectivity index (χ1v) is 6.47. The van der Waals surface area contributed by atoms with Crippen LogP contribution in [0.2, 0.25) is 0 Å². The average molecular weight is 290 g/mol. The number of carbonyl (C=O) groups is 2. The molecule has 0 saturated carbocycles. The molecule has 2 heterocycles. The first-order chi connectivity index (χ1) is 9.56. The molecule has 2 rings (SSSR count). The Morgan fingerprint density at radius 2 is 2.10 bits per heavy atom. The maximum absolute atomic E-state index is 11.0. The maximum atomic E-state index is 11.0. The van der Waals surface area contributed by atoms with Crippen LogP contribution < -0.4 is 0 Å². The number of carboxylic acids is 1. The molecule has 0 saturated heterocycles. The van der Waals surface area contributed by atoms with Gasteiger partial charge in [-0.2, -0.15) is 0 Å². The second kappa shape index (κ2) is 6.07. The fourth-order valence-electron chi connectivity index (χ4n) is 1.43. The second-order valence-electron chi connectivity index (χ2n) is 3.82. The third-order valence-electron chi connectivity index (χ3n) is 2.35. The second-order valence-corrected chi connectivity index (χ2v) is 4.77. The Bertz CT molecular complexity index is 664. The van der Waals surface area contributed by atoms with E-state index in [0.717, 1.165) is 5.69 Å². The summed E-state index contributed by atoms with van der Waals surface area (Å²) in [5.74, 6) is -3.27. The third-order valence-corrected chi connectivity index (χ3v) is 3.20. The van der Waals surface area contributed by atoms with Crippen LogP contribution in [0.5, 0.6) is 0 Å². The fraction of sp³-hybridized carbons (Fsp3) is 0.0769. The van der Waals surface area contributed by atoms with Crippen molar-refractivity contribution >= 4 is 28.8 Å². The Morgan fingerprint density at radius 3 is 2.75 bits per heavy atom. The molecule has 0 aliphatic carbocycles. The van der Waals surface area contributed by atoms with E-state index in [1.165, 1.54) is 11.3 Å². The lowest BCUT2D eigenvalue weighted by molar-refractivity contribution is -0.146. The van der Waals surface area contributed by atoms with Gasteiger partial charge in [-0.05, 0) is 12.1 Å². The van der Waals surface area contributed by atoms with Gasteiger partial charge in [0, 0.05) is 29.8 Å². The van der Waals surface area contributed by atoms with E-state index in [1.807, 2.05) is 18.2 Å². The quantitative estimate of drug-likeness (QED) is 0.493. The van der Waals surface area contributed by atoms with Gasteiger partial charge in [0.1, 0.15) is 11.5 Å². The van der Waals surface area contributed by atoms with E-state index < -0.39 is 17.5 Å². The first-order valence-electron chi connectivity index (χ1n) is 5.59. The topological polar surface area (TPSA) is 100 Å². The molecule has 0 amide bonds. The van der Waals surface area contributed by atoms with Gasteiger partial charge < -0.3 is 10.2 Å². The maximum Gasteiger partial charge on any atom is 0.376 e. The zero-order valence-corrected chi connectivity index (χ0v) is 11.0. The lowest BCUT2D eigenvalue weighted by atomic mass is 10.2. The Hall–Kier alpha value is -2.54. The van der Waals surface area contributed by atoms with Crippen LogP contribution in [-0.2, 0) is 16.0 Å². The van der Waals surface area contributed by atoms with E-state index in [4.69, 9.17) is 5.11 Å². The predicted molar refractivity (Wildman–Crippen MR) is 72.4 cm³/mol. The molecule has 0 fully saturated rings. The van der Waals surface area contributed by atoms with Gasteiger partial charge in [0.25, 0.3) is 5.78 Å². The van der Waals surface area contributed by atoms with E-state index >= 15 is 0 Å². The standard InChI is InChI=1S/C13H10N2O4S/c16-10(6-11(17)13(18)19)9-7-20-12(15-9)5-8-3-1-2-4-14-8/h1-4,6-7,16H,5H2,(H,18,19). The number of thiazole rings is 1. The lowest BCUT2D eigenvalue weighted by Crippen LogP contribution is -2.09. The van der Waals surface area contributed by atoms with Crippen LogP contribution in [0.15, 0.2) is 35.9 Å². The molecule has 7 heteroatoms. The van der Waals surface area contributed by atoms with Crippen molar-refractivity contribution in [2.45, 2.75) is 6.42 Å². The molecular formula is C13H10N2O4S. The fourth-order valence-corrected chi connectivity index (χ4v) is 2.23. The molecule has 0 bridgehead atoms. The average Bonchev–Trinajstić information content (AvgIpc) is 2.88. The summed E-state index contributed by atoms with van der Waals surface area (Å²) in [7, 11) is 0. The Balaban J connectivity index is 2.13. The summed E-state index contributed by atoms with van der Waals surface area (Å²) in [6.07, 6.45) is 2.82. The molecule has 6 nitrogen and oxygen atoms in total. The van der Waals surface area contributed by atoms with Crippen molar-refractivity contribution in [3.63, 3.8) is 0 Å². The summed E-state index contributed by atoms with van der Waals surface area (Å²) in [6.45, 7) is 0. The van der Waals surface area contributed by atoms with Crippen LogP contribution in [0.25, 0.3) is 5.76 Å². The number of pyridine rings is 1. The Kier molecular flexibility index (Phi) is 4.21. The van der Waals surface area contributed by atoms with Crippen molar-refractivity contribution in [3.8, 4) is 0 Å². The number of carbonyl (C=O) groups excluding carboxylic acids is 1. The number of aliphatic carboxylic acids is 1. The van der Waals surface area contributed by atoms with Crippen LogP contribution >= 0.6 is 11.3 Å².